The Morgan fingerprint density at radius 3 is 2.55 bits per heavy atom. The van der Waals surface area contributed by atoms with Crippen LogP contribution in [0.1, 0.15) is 27.2 Å². The van der Waals surface area contributed by atoms with Crippen LogP contribution < -0.4 is 10.9 Å². The Balaban J connectivity index is 1.66. The van der Waals surface area contributed by atoms with Crippen LogP contribution >= 0.6 is 0 Å². The van der Waals surface area contributed by atoms with Crippen LogP contribution in [0.4, 0.5) is 18.9 Å². The first-order valence-electron chi connectivity index (χ1n) is 9.26. The number of pyridine rings is 1. The van der Waals surface area contributed by atoms with Gasteiger partial charge in [0.05, 0.1) is 11.8 Å². The first kappa shape index (κ1) is 20.5. The Kier molecular flexibility index (Phi) is 5.14. The number of carbonyl (C=O) groups excluding carboxylic acids is 2. The van der Waals surface area contributed by atoms with Crippen LogP contribution in [0.25, 0.3) is 0 Å². The zero-order valence-electron chi connectivity index (χ0n) is 15.9. The van der Waals surface area contributed by atoms with Crippen molar-refractivity contribution in [1.29, 1.82) is 0 Å². The molecule has 0 radical (unpaired) electrons. The molecule has 160 valence electrons. The van der Waals surface area contributed by atoms with Crippen molar-refractivity contribution in [3.05, 3.63) is 87.7 Å². The first-order valence-corrected chi connectivity index (χ1v) is 9.26. The number of rotatable bonds is 3. The summed E-state index contributed by atoms with van der Waals surface area (Å²) in [6, 6.07) is 9.71. The van der Waals surface area contributed by atoms with Crippen molar-refractivity contribution in [1.82, 2.24) is 9.88 Å². The van der Waals surface area contributed by atoms with Gasteiger partial charge in [-0.25, -0.2) is 0 Å². The van der Waals surface area contributed by atoms with E-state index < -0.39 is 40.8 Å². The Labute approximate surface area is 173 Å². The molecule has 2 aromatic heterocycles. The van der Waals surface area contributed by atoms with Crippen LogP contribution in [-0.4, -0.2) is 27.7 Å². The summed E-state index contributed by atoms with van der Waals surface area (Å²) in [5.41, 5.74) is -0.891. The fourth-order valence-electron chi connectivity index (χ4n) is 3.47. The zero-order chi connectivity index (χ0) is 22.2. The van der Waals surface area contributed by atoms with Crippen molar-refractivity contribution in [2.24, 2.45) is 0 Å². The van der Waals surface area contributed by atoms with Gasteiger partial charge in [-0.3, -0.25) is 14.4 Å². The predicted octanol–water partition coefficient (Wildman–Crippen LogP) is 3.19. The van der Waals surface area contributed by atoms with Gasteiger partial charge in [-0.05, 0) is 29.3 Å². The number of halogens is 3. The molecule has 7 nitrogen and oxygen atoms in total. The summed E-state index contributed by atoms with van der Waals surface area (Å²) in [6.07, 6.45) is -2.72. The van der Waals surface area contributed by atoms with E-state index in [4.69, 9.17) is 4.42 Å². The van der Waals surface area contributed by atoms with Crippen LogP contribution in [0.15, 0.2) is 64.1 Å². The van der Waals surface area contributed by atoms with E-state index in [-0.39, 0.29) is 18.7 Å². The van der Waals surface area contributed by atoms with Crippen LogP contribution in [0.5, 0.6) is 0 Å². The summed E-state index contributed by atoms with van der Waals surface area (Å²) in [5, 5.41) is 2.25. The number of H-pyrrole nitrogens is 1. The van der Waals surface area contributed by atoms with E-state index in [1.807, 2.05) is 11.1 Å². The maximum absolute atomic E-state index is 13.0. The second-order valence-electron chi connectivity index (χ2n) is 7.02. The molecule has 1 aliphatic heterocycles. The molecule has 1 atom stereocenters. The molecule has 4 rings (SSSR count). The van der Waals surface area contributed by atoms with E-state index >= 15 is 0 Å². The molecule has 0 bridgehead atoms. The molecule has 1 unspecified atom stereocenters. The third-order valence-electron chi connectivity index (χ3n) is 5.03. The second kappa shape index (κ2) is 7.78. The summed E-state index contributed by atoms with van der Waals surface area (Å²) in [5.74, 6) is -1.30. The lowest BCUT2D eigenvalue weighted by molar-refractivity contribution is -0.137. The molecule has 0 fully saturated rings. The van der Waals surface area contributed by atoms with Gasteiger partial charge in [0, 0.05) is 19.2 Å². The molecular weight excluding hydrogens is 415 g/mol. The molecule has 31 heavy (non-hydrogen) atoms. The number of alkyl halides is 3. The Bertz CT molecular complexity index is 1190. The zero-order valence-corrected chi connectivity index (χ0v) is 15.9. The summed E-state index contributed by atoms with van der Waals surface area (Å²) < 4.78 is 44.1. The van der Waals surface area contributed by atoms with Gasteiger partial charge in [0.1, 0.15) is 11.7 Å². The van der Waals surface area contributed by atoms with Crippen LogP contribution in [0.3, 0.4) is 0 Å². The number of aromatic nitrogens is 1. The van der Waals surface area contributed by atoms with E-state index in [9.17, 15) is 27.6 Å². The number of nitrogens with zero attached hydrogens (tertiary/aromatic N) is 1. The molecular formula is C21H16F3N3O4. The summed E-state index contributed by atoms with van der Waals surface area (Å²) in [4.78, 5) is 41.2. The monoisotopic (exact) mass is 431 g/mol. The van der Waals surface area contributed by atoms with Crippen molar-refractivity contribution in [3.63, 3.8) is 0 Å². The normalized spacial score (nSPS) is 16.0. The smallest absolute Gasteiger partial charge is 0.417 e. The molecule has 1 aliphatic rings. The quantitative estimate of drug-likeness (QED) is 0.666. The topological polar surface area (TPSA) is 95.4 Å². The van der Waals surface area contributed by atoms with Gasteiger partial charge in [-0.15, -0.1) is 0 Å². The standard InChI is InChI=1S/C21H16F3N3O4/c22-21(23,24)14-9-15(18(28)25-10-14)26-19(29)16-8-12-4-1-2-5-13(12)11-27(16)20(30)17-6-3-7-31-17/h1-7,9-10,16H,8,11H2,(H,25,28)(H,26,29). The van der Waals surface area contributed by atoms with E-state index in [0.717, 1.165) is 11.1 Å². The maximum Gasteiger partial charge on any atom is 0.417 e. The molecule has 0 aliphatic carbocycles. The van der Waals surface area contributed by atoms with Gasteiger partial charge in [0.15, 0.2) is 5.76 Å². The third-order valence-corrected chi connectivity index (χ3v) is 5.03. The summed E-state index contributed by atoms with van der Waals surface area (Å²) >= 11 is 0. The van der Waals surface area contributed by atoms with E-state index in [0.29, 0.717) is 12.3 Å². The lowest BCUT2D eigenvalue weighted by atomic mass is 9.93. The number of fused-ring (bicyclic) bond motifs is 1. The number of anilines is 1. The molecule has 2 N–H and O–H groups in total. The van der Waals surface area contributed by atoms with Crippen LogP contribution in [0, 0.1) is 0 Å². The third kappa shape index (κ3) is 4.09. The van der Waals surface area contributed by atoms with Gasteiger partial charge < -0.3 is 19.6 Å². The molecule has 0 saturated carbocycles. The highest BCUT2D eigenvalue weighted by atomic mass is 19.4. The number of amides is 2. The second-order valence-corrected chi connectivity index (χ2v) is 7.02. The average molecular weight is 431 g/mol. The minimum absolute atomic E-state index is 0.0223. The Morgan fingerprint density at radius 2 is 1.87 bits per heavy atom. The van der Waals surface area contributed by atoms with Crippen molar-refractivity contribution in [3.8, 4) is 0 Å². The molecule has 3 heterocycles. The highest BCUT2D eigenvalue weighted by Gasteiger charge is 2.37. The molecule has 0 spiro atoms. The maximum atomic E-state index is 13.0. The van der Waals surface area contributed by atoms with Gasteiger partial charge in [-0.2, -0.15) is 13.2 Å². The van der Waals surface area contributed by atoms with Gasteiger partial charge in [-0.1, -0.05) is 24.3 Å². The number of carbonyl (C=O) groups is 2. The predicted molar refractivity (Wildman–Crippen MR) is 103 cm³/mol. The van der Waals surface area contributed by atoms with Crippen LogP contribution in [0.2, 0.25) is 0 Å². The minimum Gasteiger partial charge on any atom is -0.459 e. The molecule has 2 amide bonds. The van der Waals surface area contributed by atoms with Crippen molar-refractivity contribution in [2.75, 3.05) is 5.32 Å². The Morgan fingerprint density at radius 1 is 1.13 bits per heavy atom. The number of hydrogen-bond acceptors (Lipinski definition) is 4. The number of aromatic amines is 1. The van der Waals surface area contributed by atoms with Crippen molar-refractivity contribution >= 4 is 17.5 Å². The fourth-order valence-corrected chi connectivity index (χ4v) is 3.47. The van der Waals surface area contributed by atoms with E-state index in [1.165, 1.54) is 23.3 Å². The van der Waals surface area contributed by atoms with Gasteiger partial charge in [0.25, 0.3) is 11.5 Å². The number of nitrogens with one attached hydrogen (secondary N) is 2. The Hall–Kier alpha value is -3.82. The van der Waals surface area contributed by atoms with Crippen molar-refractivity contribution < 1.29 is 27.2 Å². The van der Waals surface area contributed by atoms with Gasteiger partial charge in [0.2, 0.25) is 5.91 Å². The van der Waals surface area contributed by atoms with Crippen molar-refractivity contribution in [2.45, 2.75) is 25.2 Å². The number of hydrogen-bond donors (Lipinski definition) is 2. The lowest BCUT2D eigenvalue weighted by Gasteiger charge is -2.35. The molecule has 1 aromatic carbocycles. The minimum atomic E-state index is -4.70. The molecule has 10 heteroatoms. The van der Waals surface area contributed by atoms with E-state index in [1.54, 1.807) is 18.2 Å². The van der Waals surface area contributed by atoms with Crippen LogP contribution in [-0.2, 0) is 23.9 Å². The molecule has 0 saturated heterocycles. The summed E-state index contributed by atoms with van der Waals surface area (Å²) in [6.45, 7) is 0.104. The van der Waals surface area contributed by atoms with Gasteiger partial charge >= 0.3 is 6.18 Å². The van der Waals surface area contributed by atoms with E-state index in [2.05, 4.69) is 5.32 Å². The SMILES string of the molecule is O=C(Nc1cc(C(F)(F)F)c[nH]c1=O)C1Cc2ccccc2CN1C(=O)c1ccco1. The average Bonchev–Trinajstić information content (AvgIpc) is 3.28. The molecule has 3 aromatic rings. The largest absolute Gasteiger partial charge is 0.459 e. The first-order chi connectivity index (χ1) is 14.7. The highest BCUT2D eigenvalue weighted by Crippen LogP contribution is 2.30. The number of benzene rings is 1. The summed E-state index contributed by atoms with van der Waals surface area (Å²) in [7, 11) is 0. The fraction of sp³-hybridized carbons (Fsp3) is 0.190. The lowest BCUT2D eigenvalue weighted by Crippen LogP contribution is -2.51. The number of furan rings is 1. The highest BCUT2D eigenvalue weighted by molar-refractivity contribution is 6.00.